The highest BCUT2D eigenvalue weighted by Crippen LogP contribution is 2.26. The first-order chi connectivity index (χ1) is 9.16. The average molecular weight is 258 g/mol. The van der Waals surface area contributed by atoms with Gasteiger partial charge in [-0.2, -0.15) is 0 Å². The summed E-state index contributed by atoms with van der Waals surface area (Å²) >= 11 is 0. The lowest BCUT2D eigenvalue weighted by atomic mass is 10.1. The summed E-state index contributed by atoms with van der Waals surface area (Å²) in [6, 6.07) is 5.62. The van der Waals surface area contributed by atoms with Crippen molar-refractivity contribution in [1.29, 1.82) is 0 Å². The molecule has 0 bridgehead atoms. The van der Waals surface area contributed by atoms with Crippen LogP contribution in [0.4, 0.5) is 0 Å². The summed E-state index contributed by atoms with van der Waals surface area (Å²) in [5, 5.41) is 3.83. The molecule has 1 aliphatic heterocycles. The molecule has 1 N–H and O–H groups in total. The van der Waals surface area contributed by atoms with E-state index in [1.54, 1.807) is 0 Å². The molecular formula is C14H14N2O3. The van der Waals surface area contributed by atoms with Gasteiger partial charge in [-0.15, -0.1) is 0 Å². The van der Waals surface area contributed by atoms with Crippen LogP contribution in [0.1, 0.15) is 22.8 Å². The van der Waals surface area contributed by atoms with Gasteiger partial charge in [0.05, 0.1) is 11.1 Å². The van der Waals surface area contributed by atoms with Gasteiger partial charge in [0, 0.05) is 37.2 Å². The first-order valence-electron chi connectivity index (χ1n) is 6.19. The summed E-state index contributed by atoms with van der Waals surface area (Å²) < 4.78 is 7.10. The number of carbonyl (C=O) groups is 2. The molecule has 1 amide bonds. The molecular weight excluding hydrogens is 244 g/mol. The van der Waals surface area contributed by atoms with E-state index in [-0.39, 0.29) is 18.5 Å². The Morgan fingerprint density at radius 3 is 3.11 bits per heavy atom. The molecule has 0 aliphatic carbocycles. The maximum Gasteiger partial charge on any atom is 0.302 e. The summed E-state index contributed by atoms with van der Waals surface area (Å²) in [5.41, 5.74) is 2.52. The van der Waals surface area contributed by atoms with Crippen molar-refractivity contribution in [2.45, 2.75) is 20.1 Å². The predicted molar refractivity (Wildman–Crippen MR) is 69.7 cm³/mol. The summed E-state index contributed by atoms with van der Waals surface area (Å²) in [6.07, 6.45) is 1.96. The number of amides is 1. The van der Waals surface area contributed by atoms with E-state index >= 15 is 0 Å². The molecule has 98 valence electrons. The van der Waals surface area contributed by atoms with E-state index in [0.29, 0.717) is 12.1 Å². The van der Waals surface area contributed by atoms with Crippen LogP contribution in [-0.4, -0.2) is 23.0 Å². The summed E-state index contributed by atoms with van der Waals surface area (Å²) in [7, 11) is 0. The second kappa shape index (κ2) is 4.42. The van der Waals surface area contributed by atoms with E-state index in [9.17, 15) is 9.59 Å². The monoisotopic (exact) mass is 258 g/mol. The molecule has 0 saturated heterocycles. The molecule has 5 nitrogen and oxygen atoms in total. The maximum atomic E-state index is 12.0. The van der Waals surface area contributed by atoms with Crippen molar-refractivity contribution in [2.75, 3.05) is 6.54 Å². The number of esters is 1. The second-order valence-corrected chi connectivity index (χ2v) is 4.59. The molecule has 0 unspecified atom stereocenters. The molecule has 5 heteroatoms. The summed E-state index contributed by atoms with van der Waals surface area (Å²) in [4.78, 5) is 22.9. The van der Waals surface area contributed by atoms with Crippen molar-refractivity contribution in [1.82, 2.24) is 9.88 Å². The molecule has 2 heterocycles. The highest BCUT2D eigenvalue weighted by atomic mass is 16.5. The largest absolute Gasteiger partial charge is 0.461 e. The third kappa shape index (κ3) is 1.97. The van der Waals surface area contributed by atoms with Crippen molar-refractivity contribution in [3.8, 4) is 0 Å². The Kier molecular flexibility index (Phi) is 2.74. The Bertz CT molecular complexity index is 673. The first-order valence-corrected chi connectivity index (χ1v) is 6.19. The molecule has 1 aromatic heterocycles. The molecule has 0 radical (unpaired) electrons. The molecule has 2 aromatic rings. The number of ether oxygens (including phenoxy) is 1. The van der Waals surface area contributed by atoms with Gasteiger partial charge in [-0.25, -0.2) is 0 Å². The predicted octanol–water partition coefficient (Wildman–Crippen LogP) is 1.45. The van der Waals surface area contributed by atoms with Gasteiger partial charge in [-0.1, -0.05) is 12.1 Å². The molecule has 19 heavy (non-hydrogen) atoms. The highest BCUT2D eigenvalue weighted by Gasteiger charge is 2.19. The van der Waals surface area contributed by atoms with E-state index in [2.05, 4.69) is 5.32 Å². The molecule has 1 aliphatic rings. The molecule has 0 atom stereocenters. The fourth-order valence-electron chi connectivity index (χ4n) is 2.47. The van der Waals surface area contributed by atoms with Crippen LogP contribution in [-0.2, 0) is 22.7 Å². The minimum atomic E-state index is -0.304. The summed E-state index contributed by atoms with van der Waals surface area (Å²) in [6.45, 7) is 2.95. The van der Waals surface area contributed by atoms with Gasteiger partial charge in [-0.05, 0) is 6.07 Å². The van der Waals surface area contributed by atoms with Crippen molar-refractivity contribution in [3.63, 3.8) is 0 Å². The SMILES string of the molecule is CC(=O)OCc1cn2c3c(cccc13)C(=O)NCC2. The third-order valence-corrected chi connectivity index (χ3v) is 3.29. The van der Waals surface area contributed by atoms with E-state index < -0.39 is 0 Å². The fourth-order valence-corrected chi connectivity index (χ4v) is 2.47. The number of para-hydroxylation sites is 1. The minimum absolute atomic E-state index is 0.0542. The van der Waals surface area contributed by atoms with Crippen molar-refractivity contribution in [2.24, 2.45) is 0 Å². The molecule has 0 spiro atoms. The third-order valence-electron chi connectivity index (χ3n) is 3.29. The van der Waals surface area contributed by atoms with Gasteiger partial charge in [0.25, 0.3) is 5.91 Å². The highest BCUT2D eigenvalue weighted by molar-refractivity contribution is 6.07. The molecule has 1 aromatic carbocycles. The fraction of sp³-hybridized carbons (Fsp3) is 0.286. The minimum Gasteiger partial charge on any atom is -0.461 e. The Balaban J connectivity index is 2.14. The zero-order valence-corrected chi connectivity index (χ0v) is 10.6. The average Bonchev–Trinajstić information content (AvgIpc) is 2.66. The van der Waals surface area contributed by atoms with Crippen LogP contribution in [0.25, 0.3) is 10.9 Å². The Hall–Kier alpha value is -2.30. The van der Waals surface area contributed by atoms with Crippen molar-refractivity contribution >= 4 is 22.8 Å². The van der Waals surface area contributed by atoms with Crippen LogP contribution in [0.5, 0.6) is 0 Å². The smallest absolute Gasteiger partial charge is 0.302 e. The lowest BCUT2D eigenvalue weighted by molar-refractivity contribution is -0.142. The van der Waals surface area contributed by atoms with Crippen molar-refractivity contribution in [3.05, 3.63) is 35.5 Å². The molecule has 0 saturated carbocycles. The quantitative estimate of drug-likeness (QED) is 0.829. The van der Waals surface area contributed by atoms with Crippen molar-refractivity contribution < 1.29 is 14.3 Å². The Morgan fingerprint density at radius 1 is 1.47 bits per heavy atom. The zero-order chi connectivity index (χ0) is 13.4. The normalized spacial score (nSPS) is 14.1. The number of nitrogens with one attached hydrogen (secondary N) is 1. The maximum absolute atomic E-state index is 12.0. The van der Waals surface area contributed by atoms with Crippen LogP contribution in [0.2, 0.25) is 0 Å². The van der Waals surface area contributed by atoms with E-state index in [1.165, 1.54) is 6.92 Å². The van der Waals surface area contributed by atoms with Gasteiger partial charge >= 0.3 is 5.97 Å². The number of rotatable bonds is 2. The number of hydrogen-bond donors (Lipinski definition) is 1. The number of carbonyl (C=O) groups excluding carboxylic acids is 2. The van der Waals surface area contributed by atoms with E-state index in [0.717, 1.165) is 23.0 Å². The lowest BCUT2D eigenvalue weighted by Crippen LogP contribution is -2.24. The topological polar surface area (TPSA) is 60.3 Å². The molecule has 3 rings (SSSR count). The Morgan fingerprint density at radius 2 is 2.32 bits per heavy atom. The lowest BCUT2D eigenvalue weighted by Gasteiger charge is -2.03. The van der Waals surface area contributed by atoms with Crippen LogP contribution in [0.15, 0.2) is 24.4 Å². The van der Waals surface area contributed by atoms with Crippen LogP contribution in [0.3, 0.4) is 0 Å². The Labute approximate surface area is 110 Å². The first kappa shape index (κ1) is 11.8. The number of benzene rings is 1. The number of aromatic nitrogens is 1. The van der Waals surface area contributed by atoms with Gasteiger partial charge in [0.15, 0.2) is 0 Å². The number of nitrogens with zero attached hydrogens (tertiary/aromatic N) is 1. The van der Waals surface area contributed by atoms with E-state index in [4.69, 9.17) is 4.74 Å². The van der Waals surface area contributed by atoms with Gasteiger partial charge in [0.1, 0.15) is 6.61 Å². The van der Waals surface area contributed by atoms with E-state index in [1.807, 2.05) is 29.0 Å². The standard InChI is InChI=1S/C14H14N2O3/c1-9(17)19-8-10-7-16-6-5-15-14(18)12-4-2-3-11(10)13(12)16/h2-4,7H,5-6,8H2,1H3,(H,15,18). The van der Waals surface area contributed by atoms with Gasteiger partial charge < -0.3 is 14.6 Å². The van der Waals surface area contributed by atoms with Crippen LogP contribution in [0, 0.1) is 0 Å². The molecule has 0 fully saturated rings. The van der Waals surface area contributed by atoms with Crippen LogP contribution < -0.4 is 5.32 Å². The van der Waals surface area contributed by atoms with Gasteiger partial charge in [-0.3, -0.25) is 9.59 Å². The zero-order valence-electron chi connectivity index (χ0n) is 10.6. The van der Waals surface area contributed by atoms with Crippen LogP contribution >= 0.6 is 0 Å². The summed E-state index contributed by atoms with van der Waals surface area (Å²) in [5.74, 6) is -0.358. The second-order valence-electron chi connectivity index (χ2n) is 4.59. The van der Waals surface area contributed by atoms with Gasteiger partial charge in [0.2, 0.25) is 0 Å². The number of hydrogen-bond acceptors (Lipinski definition) is 3.